The Bertz CT molecular complexity index is 830. The molecule has 2 aromatic carbocycles. The van der Waals surface area contributed by atoms with Crippen LogP contribution in [0.2, 0.25) is 5.02 Å². The summed E-state index contributed by atoms with van der Waals surface area (Å²) in [4.78, 5) is 35.3. The number of ether oxygens (including phenoxy) is 2. The van der Waals surface area contributed by atoms with Crippen LogP contribution in [0.4, 0.5) is 10.5 Å². The van der Waals surface area contributed by atoms with Crippen LogP contribution >= 0.6 is 11.6 Å². The van der Waals surface area contributed by atoms with Gasteiger partial charge in [0, 0.05) is 5.02 Å². The van der Waals surface area contributed by atoms with Gasteiger partial charge < -0.3 is 25.4 Å². The summed E-state index contributed by atoms with van der Waals surface area (Å²) in [5.41, 5.74) is 1.21. The average Bonchev–Trinajstić information content (AvgIpc) is 2.70. The molecule has 0 heterocycles. The van der Waals surface area contributed by atoms with Gasteiger partial charge in [-0.05, 0) is 23.8 Å². The Morgan fingerprint density at radius 3 is 2.39 bits per heavy atom. The molecule has 0 bridgehead atoms. The average molecular weight is 406 g/mol. The molecular formula is C19H20ClN3O5. The summed E-state index contributed by atoms with van der Waals surface area (Å²) in [5.74, 6) is -0.572. The van der Waals surface area contributed by atoms with Gasteiger partial charge in [0.2, 0.25) is 11.8 Å². The molecule has 148 valence electrons. The minimum absolute atomic E-state index is 0.0954. The van der Waals surface area contributed by atoms with E-state index in [0.717, 1.165) is 5.56 Å². The molecule has 0 aromatic heterocycles. The number of rotatable bonds is 8. The topological polar surface area (TPSA) is 106 Å². The van der Waals surface area contributed by atoms with Crippen LogP contribution in [0.15, 0.2) is 48.5 Å². The Balaban J connectivity index is 1.68. The van der Waals surface area contributed by atoms with Crippen molar-refractivity contribution >= 4 is 35.2 Å². The number of carbonyl (C=O) groups is 3. The first-order valence-electron chi connectivity index (χ1n) is 8.32. The monoisotopic (exact) mass is 405 g/mol. The summed E-state index contributed by atoms with van der Waals surface area (Å²) in [6.45, 7) is -0.505. The van der Waals surface area contributed by atoms with Crippen molar-refractivity contribution in [2.24, 2.45) is 0 Å². The molecule has 9 heteroatoms. The number of nitrogens with one attached hydrogen (secondary N) is 3. The molecule has 8 nitrogen and oxygen atoms in total. The molecule has 3 N–H and O–H groups in total. The molecule has 0 aliphatic rings. The van der Waals surface area contributed by atoms with E-state index < -0.39 is 17.9 Å². The number of halogens is 1. The van der Waals surface area contributed by atoms with E-state index in [0.29, 0.717) is 16.5 Å². The maximum atomic E-state index is 12.0. The van der Waals surface area contributed by atoms with Gasteiger partial charge in [-0.25, -0.2) is 4.79 Å². The molecule has 2 rings (SSSR count). The summed E-state index contributed by atoms with van der Waals surface area (Å²) in [6.07, 6.45) is -0.730. The summed E-state index contributed by atoms with van der Waals surface area (Å²) >= 11 is 5.89. The predicted molar refractivity (Wildman–Crippen MR) is 104 cm³/mol. The minimum Gasteiger partial charge on any atom is -0.495 e. The van der Waals surface area contributed by atoms with Gasteiger partial charge in [0.05, 0.1) is 19.3 Å². The van der Waals surface area contributed by atoms with E-state index in [4.69, 9.17) is 21.1 Å². The second-order valence-electron chi connectivity index (χ2n) is 5.58. The van der Waals surface area contributed by atoms with Gasteiger partial charge in [-0.15, -0.1) is 0 Å². The van der Waals surface area contributed by atoms with E-state index in [1.165, 1.54) is 13.2 Å². The summed E-state index contributed by atoms with van der Waals surface area (Å²) in [6, 6.07) is 13.9. The largest absolute Gasteiger partial charge is 0.495 e. The van der Waals surface area contributed by atoms with E-state index in [9.17, 15) is 14.4 Å². The van der Waals surface area contributed by atoms with Crippen LogP contribution < -0.4 is 20.7 Å². The first kappa shape index (κ1) is 21.0. The predicted octanol–water partition coefficient (Wildman–Crippen LogP) is 2.33. The summed E-state index contributed by atoms with van der Waals surface area (Å²) in [7, 11) is 1.46. The molecule has 0 aliphatic heterocycles. The fourth-order valence-electron chi connectivity index (χ4n) is 2.14. The Morgan fingerprint density at radius 1 is 0.964 bits per heavy atom. The van der Waals surface area contributed by atoms with Crippen molar-refractivity contribution in [1.82, 2.24) is 10.6 Å². The molecule has 3 amide bonds. The Labute approximate surface area is 167 Å². The second-order valence-corrected chi connectivity index (χ2v) is 6.02. The third-order valence-electron chi connectivity index (χ3n) is 3.49. The highest BCUT2D eigenvalue weighted by molar-refractivity contribution is 6.31. The lowest BCUT2D eigenvalue weighted by Crippen LogP contribution is -2.40. The van der Waals surface area contributed by atoms with Crippen molar-refractivity contribution in [2.45, 2.75) is 6.61 Å². The van der Waals surface area contributed by atoms with Crippen LogP contribution in [0.25, 0.3) is 0 Å². The molecule has 2 aromatic rings. The molecule has 0 atom stereocenters. The molecule has 0 unspecified atom stereocenters. The van der Waals surface area contributed by atoms with Gasteiger partial charge in [-0.3, -0.25) is 9.59 Å². The fraction of sp³-hybridized carbons (Fsp3) is 0.211. The van der Waals surface area contributed by atoms with Crippen LogP contribution in [-0.2, 0) is 20.9 Å². The van der Waals surface area contributed by atoms with Crippen LogP contribution in [0.5, 0.6) is 5.75 Å². The van der Waals surface area contributed by atoms with Gasteiger partial charge in [-0.1, -0.05) is 41.9 Å². The molecular weight excluding hydrogens is 386 g/mol. The van der Waals surface area contributed by atoms with E-state index in [1.807, 2.05) is 30.3 Å². The van der Waals surface area contributed by atoms with Gasteiger partial charge in [0.1, 0.15) is 18.9 Å². The second kappa shape index (κ2) is 10.8. The lowest BCUT2D eigenvalue weighted by Gasteiger charge is -2.11. The van der Waals surface area contributed by atoms with Crippen molar-refractivity contribution in [3.63, 3.8) is 0 Å². The molecule has 0 radical (unpaired) electrons. The highest BCUT2D eigenvalue weighted by atomic mass is 35.5. The van der Waals surface area contributed by atoms with Crippen molar-refractivity contribution < 1.29 is 23.9 Å². The third kappa shape index (κ3) is 7.16. The zero-order valence-corrected chi connectivity index (χ0v) is 15.9. The third-order valence-corrected chi connectivity index (χ3v) is 3.72. The molecule has 0 saturated carbocycles. The van der Waals surface area contributed by atoms with Crippen molar-refractivity contribution in [3.8, 4) is 5.75 Å². The van der Waals surface area contributed by atoms with Crippen LogP contribution in [0, 0.1) is 0 Å². The number of methoxy groups -OCH3 is 1. The SMILES string of the molecule is COc1ccc(Cl)cc1NC(=O)CNC(=O)CNC(=O)OCc1ccccc1. The van der Waals surface area contributed by atoms with Gasteiger partial charge in [0.25, 0.3) is 0 Å². The molecule has 0 aliphatic carbocycles. The quantitative estimate of drug-likeness (QED) is 0.625. The standard InChI is InChI=1S/C19H20ClN3O5/c1-27-16-8-7-14(20)9-15(16)23-18(25)11-21-17(24)10-22-19(26)28-12-13-5-3-2-4-6-13/h2-9H,10-12H2,1H3,(H,21,24)(H,22,26)(H,23,25). The van der Waals surface area contributed by atoms with E-state index in [1.54, 1.807) is 12.1 Å². The minimum atomic E-state index is -0.730. The number of benzene rings is 2. The van der Waals surface area contributed by atoms with E-state index in [-0.39, 0.29) is 19.7 Å². The van der Waals surface area contributed by atoms with Gasteiger partial charge in [-0.2, -0.15) is 0 Å². The number of hydrogen-bond acceptors (Lipinski definition) is 5. The maximum Gasteiger partial charge on any atom is 0.407 e. The number of anilines is 1. The first-order chi connectivity index (χ1) is 13.5. The highest BCUT2D eigenvalue weighted by Crippen LogP contribution is 2.27. The van der Waals surface area contributed by atoms with Crippen LogP contribution in [0.1, 0.15) is 5.56 Å². The molecule has 0 fully saturated rings. The van der Waals surface area contributed by atoms with E-state index >= 15 is 0 Å². The Kier molecular flexibility index (Phi) is 8.11. The Morgan fingerprint density at radius 2 is 1.68 bits per heavy atom. The number of carbonyl (C=O) groups excluding carboxylic acids is 3. The summed E-state index contributed by atoms with van der Waals surface area (Å²) < 4.78 is 10.1. The van der Waals surface area contributed by atoms with E-state index in [2.05, 4.69) is 16.0 Å². The maximum absolute atomic E-state index is 12.0. The first-order valence-corrected chi connectivity index (χ1v) is 8.70. The Hall–Kier alpha value is -3.26. The number of hydrogen-bond donors (Lipinski definition) is 3. The molecule has 28 heavy (non-hydrogen) atoms. The van der Waals surface area contributed by atoms with Crippen LogP contribution in [-0.4, -0.2) is 38.1 Å². The number of amides is 3. The lowest BCUT2D eigenvalue weighted by atomic mass is 10.2. The van der Waals surface area contributed by atoms with Crippen molar-refractivity contribution in [3.05, 3.63) is 59.1 Å². The summed E-state index contributed by atoms with van der Waals surface area (Å²) in [5, 5.41) is 7.71. The molecule has 0 saturated heterocycles. The van der Waals surface area contributed by atoms with Gasteiger partial charge in [0.15, 0.2) is 0 Å². The highest BCUT2D eigenvalue weighted by Gasteiger charge is 2.11. The smallest absolute Gasteiger partial charge is 0.407 e. The zero-order valence-electron chi connectivity index (χ0n) is 15.2. The number of alkyl carbamates (subject to hydrolysis) is 1. The normalized spacial score (nSPS) is 9.93. The van der Waals surface area contributed by atoms with Crippen LogP contribution in [0.3, 0.4) is 0 Å². The van der Waals surface area contributed by atoms with Crippen molar-refractivity contribution in [1.29, 1.82) is 0 Å². The van der Waals surface area contributed by atoms with Gasteiger partial charge >= 0.3 is 6.09 Å². The zero-order chi connectivity index (χ0) is 20.4. The fourth-order valence-corrected chi connectivity index (χ4v) is 2.31. The molecule has 0 spiro atoms. The lowest BCUT2D eigenvalue weighted by molar-refractivity contribution is -0.123. The van der Waals surface area contributed by atoms with Crippen molar-refractivity contribution in [2.75, 3.05) is 25.5 Å².